The first kappa shape index (κ1) is 17.0. The third-order valence-corrected chi connectivity index (χ3v) is 3.80. The average molecular weight is 351 g/mol. The highest BCUT2D eigenvalue weighted by Gasteiger charge is 2.48. The molecule has 23 heavy (non-hydrogen) atoms. The van der Waals surface area contributed by atoms with Gasteiger partial charge in [-0.15, -0.1) is 6.58 Å². The van der Waals surface area contributed by atoms with Crippen molar-refractivity contribution < 1.29 is 30.2 Å². The Hall–Kier alpha value is -2.36. The predicted molar refractivity (Wildman–Crippen MR) is 74.0 cm³/mol. The number of nitrogens with zero attached hydrogens (tertiary/aromatic N) is 1. The zero-order valence-electron chi connectivity index (χ0n) is 11.3. The molecule has 1 aromatic carbocycles. The van der Waals surface area contributed by atoms with Crippen molar-refractivity contribution in [2.24, 2.45) is 0 Å². The van der Waals surface area contributed by atoms with Gasteiger partial charge in [-0.2, -0.15) is 21.6 Å². The summed E-state index contributed by atoms with van der Waals surface area (Å²) in [6, 6.07) is 3.39. The van der Waals surface area contributed by atoms with Crippen LogP contribution in [0.2, 0.25) is 0 Å². The molecule has 0 aliphatic carbocycles. The summed E-state index contributed by atoms with van der Waals surface area (Å²) < 4.78 is 77.9. The van der Waals surface area contributed by atoms with Gasteiger partial charge < -0.3 is 8.75 Å². The molecule has 5 nitrogen and oxygen atoms in total. The van der Waals surface area contributed by atoms with Crippen LogP contribution >= 0.6 is 0 Å². The van der Waals surface area contributed by atoms with Crippen molar-refractivity contribution in [3.8, 4) is 5.75 Å². The third-order valence-electron chi connectivity index (χ3n) is 2.83. The molecule has 0 radical (unpaired) electrons. The zero-order valence-corrected chi connectivity index (χ0v) is 12.1. The van der Waals surface area contributed by atoms with Crippen LogP contribution in [0.1, 0.15) is 0 Å². The van der Waals surface area contributed by atoms with Gasteiger partial charge in [0.05, 0.1) is 5.52 Å². The number of halogens is 4. The summed E-state index contributed by atoms with van der Waals surface area (Å²) in [5.74, 6) is -1.59. The van der Waals surface area contributed by atoms with Gasteiger partial charge >= 0.3 is 15.6 Å². The highest BCUT2D eigenvalue weighted by atomic mass is 32.2. The Balaban J connectivity index is 2.75. The van der Waals surface area contributed by atoms with Crippen LogP contribution in [0.15, 0.2) is 41.7 Å². The molecule has 0 saturated carbocycles. The summed E-state index contributed by atoms with van der Waals surface area (Å²) in [5.41, 5.74) is -6.64. The minimum atomic E-state index is -5.96. The second kappa shape index (κ2) is 5.69. The summed E-state index contributed by atoms with van der Waals surface area (Å²) >= 11 is 0. The molecule has 0 aliphatic heterocycles. The fourth-order valence-corrected chi connectivity index (χ4v) is 2.34. The zero-order chi connectivity index (χ0) is 17.4. The first-order valence-corrected chi connectivity index (χ1v) is 7.42. The number of rotatable bonds is 4. The number of pyridine rings is 1. The molecule has 0 aliphatic rings. The molecule has 0 bridgehead atoms. The van der Waals surface area contributed by atoms with Gasteiger partial charge in [0.2, 0.25) is 0 Å². The van der Waals surface area contributed by atoms with E-state index in [9.17, 15) is 30.8 Å². The van der Waals surface area contributed by atoms with Crippen molar-refractivity contribution in [2.75, 3.05) is 0 Å². The van der Waals surface area contributed by atoms with Gasteiger partial charge in [-0.25, -0.2) is 4.39 Å². The number of alkyl halides is 3. The smallest absolute Gasteiger partial charge is 0.375 e. The van der Waals surface area contributed by atoms with Crippen molar-refractivity contribution in [3.63, 3.8) is 0 Å². The second-order valence-electron chi connectivity index (χ2n) is 4.39. The minimum Gasteiger partial charge on any atom is -0.375 e. The summed E-state index contributed by atoms with van der Waals surface area (Å²) in [6.07, 6.45) is 1.32. The maximum absolute atomic E-state index is 13.4. The quantitative estimate of drug-likeness (QED) is 0.368. The number of fused-ring (bicyclic) bond motifs is 1. The van der Waals surface area contributed by atoms with Gasteiger partial charge in [0.15, 0.2) is 5.75 Å². The SMILES string of the molecule is C=CCn1c(=O)cc(OS(=O)(=O)C(F)(F)F)c2ccc(F)cc21. The predicted octanol–water partition coefficient (Wildman–Crippen LogP) is 2.56. The van der Waals surface area contributed by atoms with Crippen molar-refractivity contribution in [1.29, 1.82) is 0 Å². The molecule has 0 unspecified atom stereocenters. The molecule has 0 saturated heterocycles. The van der Waals surface area contributed by atoms with Crippen LogP contribution in [0.25, 0.3) is 10.9 Å². The topological polar surface area (TPSA) is 65.4 Å². The summed E-state index contributed by atoms with van der Waals surface area (Å²) in [7, 11) is -5.96. The van der Waals surface area contributed by atoms with E-state index in [0.29, 0.717) is 6.07 Å². The highest BCUT2D eigenvalue weighted by Crippen LogP contribution is 2.31. The van der Waals surface area contributed by atoms with E-state index in [2.05, 4.69) is 10.8 Å². The monoisotopic (exact) mass is 351 g/mol. The van der Waals surface area contributed by atoms with Crippen LogP contribution in [0.3, 0.4) is 0 Å². The lowest BCUT2D eigenvalue weighted by atomic mass is 10.2. The molecule has 124 valence electrons. The lowest BCUT2D eigenvalue weighted by Gasteiger charge is -2.14. The van der Waals surface area contributed by atoms with Crippen LogP contribution in [-0.4, -0.2) is 18.5 Å². The summed E-state index contributed by atoms with van der Waals surface area (Å²) in [5, 5.41) is -0.166. The largest absolute Gasteiger partial charge is 0.534 e. The van der Waals surface area contributed by atoms with Crippen molar-refractivity contribution in [2.45, 2.75) is 12.1 Å². The maximum Gasteiger partial charge on any atom is 0.534 e. The van der Waals surface area contributed by atoms with E-state index in [1.807, 2.05) is 0 Å². The van der Waals surface area contributed by atoms with Crippen LogP contribution in [-0.2, 0) is 16.7 Å². The molecule has 0 spiro atoms. The van der Waals surface area contributed by atoms with E-state index in [-0.39, 0.29) is 17.4 Å². The fraction of sp³-hybridized carbons (Fsp3) is 0.154. The fourth-order valence-electron chi connectivity index (χ4n) is 1.87. The number of aromatic nitrogens is 1. The molecule has 1 heterocycles. The van der Waals surface area contributed by atoms with Crippen LogP contribution in [0, 0.1) is 5.82 Å². The van der Waals surface area contributed by atoms with Crippen LogP contribution in [0.5, 0.6) is 5.75 Å². The van der Waals surface area contributed by atoms with Crippen LogP contribution < -0.4 is 9.74 Å². The summed E-state index contributed by atoms with van der Waals surface area (Å²) in [6.45, 7) is 3.36. The van der Waals surface area contributed by atoms with Crippen LogP contribution in [0.4, 0.5) is 17.6 Å². The van der Waals surface area contributed by atoms with Crippen molar-refractivity contribution in [3.05, 3.63) is 53.1 Å². The average Bonchev–Trinajstić information content (AvgIpc) is 2.41. The molecule has 10 heteroatoms. The Labute approximate surface area is 127 Å². The van der Waals surface area contributed by atoms with E-state index >= 15 is 0 Å². The van der Waals surface area contributed by atoms with Gasteiger partial charge in [0, 0.05) is 18.0 Å². The second-order valence-corrected chi connectivity index (χ2v) is 5.93. The minimum absolute atomic E-state index is 0.0505. The molecule has 0 N–H and O–H groups in total. The molecule has 2 rings (SSSR count). The Bertz CT molecular complexity index is 931. The Kier molecular flexibility index (Phi) is 4.20. The maximum atomic E-state index is 13.4. The molecule has 2 aromatic rings. The molecule has 0 amide bonds. The van der Waals surface area contributed by atoms with Gasteiger partial charge in [-0.3, -0.25) is 4.79 Å². The van der Waals surface area contributed by atoms with Gasteiger partial charge in [-0.05, 0) is 18.2 Å². The molecular weight excluding hydrogens is 342 g/mol. The molecule has 0 fully saturated rings. The van der Waals surface area contributed by atoms with Gasteiger partial charge in [-0.1, -0.05) is 6.08 Å². The molecule has 0 atom stereocenters. The van der Waals surface area contributed by atoms with Crippen molar-refractivity contribution in [1.82, 2.24) is 4.57 Å². The number of hydrogen-bond donors (Lipinski definition) is 0. The number of hydrogen-bond acceptors (Lipinski definition) is 4. The molecule has 1 aromatic heterocycles. The lowest BCUT2D eigenvalue weighted by Crippen LogP contribution is -2.29. The van der Waals surface area contributed by atoms with E-state index in [0.717, 1.165) is 22.8 Å². The van der Waals surface area contributed by atoms with Gasteiger partial charge in [0.1, 0.15) is 5.82 Å². The first-order valence-electron chi connectivity index (χ1n) is 6.01. The number of allylic oxidation sites excluding steroid dienone is 1. The Morgan fingerprint density at radius 3 is 2.48 bits per heavy atom. The Morgan fingerprint density at radius 1 is 1.26 bits per heavy atom. The van der Waals surface area contributed by atoms with E-state index < -0.39 is 32.8 Å². The van der Waals surface area contributed by atoms with E-state index in [1.54, 1.807) is 0 Å². The standard InChI is InChI=1S/C13H9F4NO4S/c1-2-5-18-10-6-8(14)3-4-9(10)11(7-12(18)19)22-23(20,21)13(15,16)17/h2-4,6-7H,1,5H2. The molecular formula is C13H9F4NO4S. The van der Waals surface area contributed by atoms with E-state index in [4.69, 9.17) is 0 Å². The van der Waals surface area contributed by atoms with Gasteiger partial charge in [0.25, 0.3) is 5.56 Å². The number of benzene rings is 1. The normalized spacial score (nSPS) is 12.3. The Morgan fingerprint density at radius 2 is 1.91 bits per heavy atom. The summed E-state index contributed by atoms with van der Waals surface area (Å²) in [4.78, 5) is 11.9. The third kappa shape index (κ3) is 3.21. The van der Waals surface area contributed by atoms with E-state index in [1.165, 1.54) is 6.08 Å². The highest BCUT2D eigenvalue weighted by molar-refractivity contribution is 7.88. The lowest BCUT2D eigenvalue weighted by molar-refractivity contribution is -0.0499. The van der Waals surface area contributed by atoms with Crippen molar-refractivity contribution >= 4 is 21.0 Å². The first-order chi connectivity index (χ1) is 10.6.